The van der Waals surface area contributed by atoms with Gasteiger partial charge in [0.1, 0.15) is 17.5 Å². The fourth-order valence-electron chi connectivity index (χ4n) is 11.1. The maximum absolute atomic E-state index is 11.9. The molecule has 9 unspecified atom stereocenters. The highest BCUT2D eigenvalue weighted by molar-refractivity contribution is 5.59. The Morgan fingerprint density at radius 3 is 2.56 bits per heavy atom. The van der Waals surface area contributed by atoms with Crippen LogP contribution in [0.15, 0.2) is 12.1 Å². The monoisotopic (exact) mass is 464 g/mol. The van der Waals surface area contributed by atoms with Gasteiger partial charge in [-0.2, -0.15) is 0 Å². The summed E-state index contributed by atoms with van der Waals surface area (Å²) in [5, 5.41) is 11.9. The van der Waals surface area contributed by atoms with Crippen molar-refractivity contribution in [2.45, 2.75) is 116 Å². The van der Waals surface area contributed by atoms with Crippen LogP contribution >= 0.6 is 0 Å². The highest BCUT2D eigenvalue weighted by Crippen LogP contribution is 2.87. The van der Waals surface area contributed by atoms with Crippen molar-refractivity contribution in [3.63, 3.8) is 0 Å². The van der Waals surface area contributed by atoms with Crippen LogP contribution in [0.4, 0.5) is 0 Å². The Kier molecular flexibility index (Phi) is 3.96. The van der Waals surface area contributed by atoms with Crippen LogP contribution < -0.4 is 4.74 Å². The van der Waals surface area contributed by atoms with E-state index in [4.69, 9.17) is 9.47 Å². The molecule has 5 bridgehead atoms. The van der Waals surface area contributed by atoms with Crippen molar-refractivity contribution in [3.05, 3.63) is 28.8 Å². The van der Waals surface area contributed by atoms with Gasteiger partial charge in [0, 0.05) is 24.0 Å². The molecule has 1 aromatic rings. The summed E-state index contributed by atoms with van der Waals surface area (Å²) in [7, 11) is 1.95. The van der Waals surface area contributed by atoms with Crippen molar-refractivity contribution >= 4 is 0 Å². The minimum absolute atomic E-state index is 0.0441. The summed E-state index contributed by atoms with van der Waals surface area (Å²) in [6.07, 6.45) is 9.74. The predicted molar refractivity (Wildman–Crippen MR) is 134 cm³/mol. The molecule has 1 heterocycles. The van der Waals surface area contributed by atoms with Gasteiger partial charge in [0.15, 0.2) is 0 Å². The Balaban J connectivity index is 1.52. The normalized spacial score (nSPS) is 48.9. The average Bonchev–Trinajstić information content (AvgIpc) is 2.93. The van der Waals surface area contributed by atoms with Gasteiger partial charge < -0.3 is 14.6 Å². The standard InChI is InChI=1S/C31H44O3/c1-18-10-11-20-15-21-9-8-12-29-19(2)30(21)14-13-28(30)17-31(33-7,25(29)34-24(18)23(20)29)22(28)16-27(6,32)26(3,4)5/h10-11,19,21-22,25,32H,8-9,12-17H2,1-7H3. The second kappa shape index (κ2) is 6.08. The fraction of sp³-hybridized carbons (Fsp3) is 0.806. The fourth-order valence-corrected chi connectivity index (χ4v) is 11.1. The van der Waals surface area contributed by atoms with E-state index in [1.54, 1.807) is 11.1 Å². The van der Waals surface area contributed by atoms with Crippen LogP contribution in [0, 0.1) is 40.9 Å². The molecule has 34 heavy (non-hydrogen) atoms. The first kappa shape index (κ1) is 22.2. The highest BCUT2D eigenvalue weighted by atomic mass is 16.6. The van der Waals surface area contributed by atoms with Crippen LogP contribution in [-0.4, -0.2) is 29.5 Å². The average molecular weight is 465 g/mol. The quantitative estimate of drug-likeness (QED) is 0.566. The lowest BCUT2D eigenvalue weighted by molar-refractivity contribution is -0.335. The van der Waals surface area contributed by atoms with Crippen LogP contribution in [0.3, 0.4) is 0 Å². The zero-order valence-electron chi connectivity index (χ0n) is 22.4. The molecule has 1 aromatic carbocycles. The molecule has 9 atom stereocenters. The Hall–Kier alpha value is -1.06. The number of aliphatic hydroxyl groups is 1. The minimum atomic E-state index is -0.747. The molecule has 0 radical (unpaired) electrons. The van der Waals surface area contributed by atoms with E-state index in [1.807, 2.05) is 7.11 Å². The van der Waals surface area contributed by atoms with Crippen molar-refractivity contribution < 1.29 is 14.6 Å². The van der Waals surface area contributed by atoms with Gasteiger partial charge in [0.2, 0.25) is 0 Å². The van der Waals surface area contributed by atoms with Crippen LogP contribution in [0.25, 0.3) is 0 Å². The molecule has 1 aliphatic heterocycles. The molecule has 5 fully saturated rings. The molecule has 0 saturated heterocycles. The number of rotatable bonds is 3. The van der Waals surface area contributed by atoms with E-state index in [0.29, 0.717) is 17.3 Å². The van der Waals surface area contributed by atoms with Crippen LogP contribution in [0.5, 0.6) is 5.75 Å². The van der Waals surface area contributed by atoms with E-state index in [9.17, 15) is 5.11 Å². The summed E-state index contributed by atoms with van der Waals surface area (Å²) < 4.78 is 14.0. The zero-order chi connectivity index (χ0) is 24.1. The molecular formula is C31H44O3. The molecule has 0 amide bonds. The van der Waals surface area contributed by atoms with E-state index in [0.717, 1.165) is 18.8 Å². The molecular weight excluding hydrogens is 420 g/mol. The topological polar surface area (TPSA) is 38.7 Å². The van der Waals surface area contributed by atoms with Crippen LogP contribution in [0.1, 0.15) is 96.3 Å². The summed E-state index contributed by atoms with van der Waals surface area (Å²) in [5.41, 5.74) is 3.86. The number of hydrogen-bond acceptors (Lipinski definition) is 3. The Labute approximate surface area is 206 Å². The second-order valence-corrected chi connectivity index (χ2v) is 14.6. The van der Waals surface area contributed by atoms with E-state index < -0.39 is 5.60 Å². The Bertz CT molecular complexity index is 1080. The smallest absolute Gasteiger partial charge is 0.138 e. The van der Waals surface area contributed by atoms with Crippen LogP contribution in [-0.2, 0) is 16.6 Å². The molecule has 8 rings (SSSR count). The molecule has 1 N–H and O–H groups in total. The van der Waals surface area contributed by atoms with Crippen molar-refractivity contribution in [1.82, 2.24) is 0 Å². The van der Waals surface area contributed by atoms with Crippen molar-refractivity contribution in [3.8, 4) is 5.75 Å². The van der Waals surface area contributed by atoms with Crippen molar-refractivity contribution in [2.75, 3.05) is 7.11 Å². The van der Waals surface area contributed by atoms with Gasteiger partial charge >= 0.3 is 0 Å². The van der Waals surface area contributed by atoms with E-state index in [1.165, 1.54) is 49.8 Å². The van der Waals surface area contributed by atoms with Gasteiger partial charge in [-0.3, -0.25) is 0 Å². The SMILES string of the molecule is COC12CC3(CCC34C3CCCC5(c6c(ccc(C)c6OC15)C3)C4C)C2CC(C)(O)C(C)(C)C. The molecule has 6 aliphatic carbocycles. The molecule has 186 valence electrons. The Morgan fingerprint density at radius 2 is 1.91 bits per heavy atom. The lowest BCUT2D eigenvalue weighted by Crippen LogP contribution is -2.77. The van der Waals surface area contributed by atoms with Crippen molar-refractivity contribution in [1.29, 1.82) is 0 Å². The van der Waals surface area contributed by atoms with Gasteiger partial charge in [0.05, 0.1) is 5.60 Å². The lowest BCUT2D eigenvalue weighted by atomic mass is 9.29. The lowest BCUT2D eigenvalue weighted by Gasteiger charge is -2.77. The van der Waals surface area contributed by atoms with Gasteiger partial charge in [0.25, 0.3) is 0 Å². The first-order chi connectivity index (χ1) is 15.9. The van der Waals surface area contributed by atoms with E-state index in [-0.39, 0.29) is 27.9 Å². The molecule has 3 nitrogen and oxygen atoms in total. The van der Waals surface area contributed by atoms with Crippen LogP contribution in [0.2, 0.25) is 0 Å². The maximum Gasteiger partial charge on any atom is 0.138 e. The molecule has 5 saturated carbocycles. The van der Waals surface area contributed by atoms with E-state index >= 15 is 0 Å². The molecule has 3 heteroatoms. The number of ether oxygens (including phenoxy) is 2. The maximum atomic E-state index is 11.9. The largest absolute Gasteiger partial charge is 0.486 e. The van der Waals surface area contributed by atoms with Gasteiger partial charge in [-0.15, -0.1) is 0 Å². The second-order valence-electron chi connectivity index (χ2n) is 14.6. The minimum Gasteiger partial charge on any atom is -0.486 e. The first-order valence-electron chi connectivity index (χ1n) is 14.0. The first-order valence-corrected chi connectivity index (χ1v) is 14.0. The third-order valence-corrected chi connectivity index (χ3v) is 13.3. The number of benzene rings is 1. The molecule has 3 spiro atoms. The summed E-state index contributed by atoms with van der Waals surface area (Å²) in [5.74, 6) is 2.86. The van der Waals surface area contributed by atoms with Gasteiger partial charge in [-0.25, -0.2) is 0 Å². The van der Waals surface area contributed by atoms with Gasteiger partial charge in [-0.05, 0) is 98.0 Å². The number of aryl methyl sites for hydroxylation is 1. The van der Waals surface area contributed by atoms with Crippen molar-refractivity contribution in [2.24, 2.45) is 34.0 Å². The third-order valence-electron chi connectivity index (χ3n) is 13.3. The summed E-state index contributed by atoms with van der Waals surface area (Å²) in [6.45, 7) is 13.5. The summed E-state index contributed by atoms with van der Waals surface area (Å²) in [4.78, 5) is 0. The third kappa shape index (κ3) is 1.99. The Morgan fingerprint density at radius 1 is 1.15 bits per heavy atom. The van der Waals surface area contributed by atoms with E-state index in [2.05, 4.69) is 53.7 Å². The predicted octanol–water partition coefficient (Wildman–Crippen LogP) is 6.36. The summed E-state index contributed by atoms with van der Waals surface area (Å²) >= 11 is 0. The summed E-state index contributed by atoms with van der Waals surface area (Å²) in [6, 6.07) is 4.75. The highest BCUT2D eigenvalue weighted by Gasteiger charge is 2.87. The van der Waals surface area contributed by atoms with Gasteiger partial charge in [-0.1, -0.05) is 46.2 Å². The number of hydrogen-bond donors (Lipinski definition) is 1. The number of methoxy groups -OCH3 is 1. The molecule has 7 aliphatic rings. The zero-order valence-corrected chi connectivity index (χ0v) is 22.4. The molecule has 0 aromatic heterocycles.